The average Bonchev–Trinajstić information content (AvgIpc) is 2.63. The SMILES string of the molecule is N#Cc1ccc(N2CCN(C[C@@H](O)c3ccccc3)CC2)cn1. The molecule has 1 atom stereocenters. The summed E-state index contributed by atoms with van der Waals surface area (Å²) in [5.74, 6) is 0. The maximum atomic E-state index is 10.3. The largest absolute Gasteiger partial charge is 0.387 e. The quantitative estimate of drug-likeness (QED) is 0.933. The van der Waals surface area contributed by atoms with E-state index in [1.54, 1.807) is 12.3 Å². The van der Waals surface area contributed by atoms with Gasteiger partial charge in [-0.1, -0.05) is 30.3 Å². The minimum absolute atomic E-state index is 0.443. The number of anilines is 1. The zero-order chi connectivity index (χ0) is 16.1. The maximum absolute atomic E-state index is 10.3. The number of hydrogen-bond donors (Lipinski definition) is 1. The van der Waals surface area contributed by atoms with Crippen LogP contribution < -0.4 is 4.90 Å². The molecule has 5 heteroatoms. The zero-order valence-corrected chi connectivity index (χ0v) is 13.0. The number of aliphatic hydroxyl groups is 1. The molecule has 118 valence electrons. The van der Waals surface area contributed by atoms with Crippen molar-refractivity contribution in [3.63, 3.8) is 0 Å². The van der Waals surface area contributed by atoms with Gasteiger partial charge in [-0.15, -0.1) is 0 Å². The first-order valence-corrected chi connectivity index (χ1v) is 7.83. The number of aliphatic hydroxyl groups excluding tert-OH is 1. The average molecular weight is 308 g/mol. The third-order valence-electron chi connectivity index (χ3n) is 4.22. The van der Waals surface area contributed by atoms with E-state index in [1.165, 1.54) is 0 Å². The number of β-amino-alcohol motifs (C(OH)–C–C–N with tert-alkyl or cyclic N) is 1. The fourth-order valence-electron chi connectivity index (χ4n) is 2.85. The van der Waals surface area contributed by atoms with Crippen molar-refractivity contribution in [2.24, 2.45) is 0 Å². The van der Waals surface area contributed by atoms with Gasteiger partial charge >= 0.3 is 0 Å². The number of rotatable bonds is 4. The number of nitrogens with zero attached hydrogens (tertiary/aromatic N) is 4. The number of piperazine rings is 1. The van der Waals surface area contributed by atoms with Gasteiger partial charge in [-0.05, 0) is 17.7 Å². The molecule has 2 heterocycles. The van der Waals surface area contributed by atoms with Crippen LogP contribution in [0.1, 0.15) is 17.4 Å². The summed E-state index contributed by atoms with van der Waals surface area (Å²) in [6.45, 7) is 4.27. The van der Waals surface area contributed by atoms with Crippen molar-refractivity contribution in [1.29, 1.82) is 5.26 Å². The first-order valence-electron chi connectivity index (χ1n) is 7.83. The molecule has 0 bridgehead atoms. The van der Waals surface area contributed by atoms with E-state index >= 15 is 0 Å². The highest BCUT2D eigenvalue weighted by Crippen LogP contribution is 2.18. The molecule has 1 aromatic carbocycles. The summed E-state index contributed by atoms with van der Waals surface area (Å²) in [4.78, 5) is 8.67. The summed E-state index contributed by atoms with van der Waals surface area (Å²) in [6.07, 6.45) is 1.31. The second kappa shape index (κ2) is 7.23. The van der Waals surface area contributed by atoms with E-state index in [0.717, 1.165) is 37.4 Å². The smallest absolute Gasteiger partial charge is 0.140 e. The van der Waals surface area contributed by atoms with Crippen LogP contribution in [0.2, 0.25) is 0 Å². The minimum Gasteiger partial charge on any atom is -0.387 e. The Hall–Kier alpha value is -2.42. The second-order valence-corrected chi connectivity index (χ2v) is 5.73. The van der Waals surface area contributed by atoms with Crippen molar-refractivity contribution in [2.75, 3.05) is 37.6 Å². The molecule has 0 unspecified atom stereocenters. The summed E-state index contributed by atoms with van der Waals surface area (Å²) < 4.78 is 0. The molecule has 1 aromatic heterocycles. The van der Waals surface area contributed by atoms with E-state index in [-0.39, 0.29) is 0 Å². The van der Waals surface area contributed by atoms with E-state index in [2.05, 4.69) is 14.8 Å². The molecule has 1 saturated heterocycles. The normalized spacial score (nSPS) is 16.8. The van der Waals surface area contributed by atoms with Gasteiger partial charge in [0.2, 0.25) is 0 Å². The first-order chi connectivity index (χ1) is 11.3. The second-order valence-electron chi connectivity index (χ2n) is 5.73. The van der Waals surface area contributed by atoms with Gasteiger partial charge in [-0.25, -0.2) is 4.98 Å². The van der Waals surface area contributed by atoms with Crippen LogP contribution in [0.25, 0.3) is 0 Å². The van der Waals surface area contributed by atoms with E-state index < -0.39 is 6.10 Å². The number of pyridine rings is 1. The molecule has 0 saturated carbocycles. The van der Waals surface area contributed by atoms with Gasteiger partial charge in [-0.3, -0.25) is 4.90 Å². The van der Waals surface area contributed by atoms with Gasteiger partial charge in [-0.2, -0.15) is 5.26 Å². The molecule has 1 aliphatic heterocycles. The Labute approximate surface area is 136 Å². The minimum atomic E-state index is -0.445. The van der Waals surface area contributed by atoms with Crippen LogP contribution in [0, 0.1) is 11.3 Å². The summed E-state index contributed by atoms with van der Waals surface area (Å²) in [5, 5.41) is 19.1. The van der Waals surface area contributed by atoms with Crippen LogP contribution in [0.4, 0.5) is 5.69 Å². The van der Waals surface area contributed by atoms with Crippen LogP contribution >= 0.6 is 0 Å². The molecule has 1 aliphatic rings. The lowest BCUT2D eigenvalue weighted by atomic mass is 10.1. The maximum Gasteiger partial charge on any atom is 0.140 e. The molecule has 3 rings (SSSR count). The Morgan fingerprint density at radius 1 is 1.09 bits per heavy atom. The predicted molar refractivity (Wildman–Crippen MR) is 89.0 cm³/mol. The first kappa shape index (κ1) is 15.5. The van der Waals surface area contributed by atoms with Gasteiger partial charge in [0, 0.05) is 32.7 Å². The number of nitriles is 1. The predicted octanol–water partition coefficient (Wildman–Crippen LogP) is 1.81. The van der Waals surface area contributed by atoms with Crippen LogP contribution in [0.5, 0.6) is 0 Å². The Bertz CT molecular complexity index is 658. The lowest BCUT2D eigenvalue weighted by molar-refractivity contribution is 0.109. The summed E-state index contributed by atoms with van der Waals surface area (Å²) >= 11 is 0. The summed E-state index contributed by atoms with van der Waals surface area (Å²) in [7, 11) is 0. The highest BCUT2D eigenvalue weighted by atomic mass is 16.3. The standard InChI is InChI=1S/C18H20N4O/c19-12-16-6-7-17(13-20-16)22-10-8-21(9-11-22)14-18(23)15-4-2-1-3-5-15/h1-7,13,18,23H,8-11,14H2/t18-/m1/s1. The van der Waals surface area contributed by atoms with Gasteiger partial charge in [0.25, 0.3) is 0 Å². The molecule has 23 heavy (non-hydrogen) atoms. The molecule has 0 spiro atoms. The number of hydrogen-bond acceptors (Lipinski definition) is 5. The monoisotopic (exact) mass is 308 g/mol. The summed E-state index contributed by atoms with van der Waals surface area (Å²) in [6, 6.07) is 15.5. The van der Waals surface area contributed by atoms with E-state index in [4.69, 9.17) is 5.26 Å². The molecule has 0 aliphatic carbocycles. The van der Waals surface area contributed by atoms with Crippen LogP contribution in [-0.4, -0.2) is 47.7 Å². The fourth-order valence-corrected chi connectivity index (χ4v) is 2.85. The summed E-state index contributed by atoms with van der Waals surface area (Å²) in [5.41, 5.74) is 2.46. The van der Waals surface area contributed by atoms with Crippen molar-refractivity contribution in [3.8, 4) is 6.07 Å². The van der Waals surface area contributed by atoms with Gasteiger partial charge in [0.05, 0.1) is 18.0 Å². The molecule has 2 aromatic rings. The molecule has 0 radical (unpaired) electrons. The molecule has 1 fully saturated rings. The van der Waals surface area contributed by atoms with Gasteiger partial charge in [0.1, 0.15) is 11.8 Å². The van der Waals surface area contributed by atoms with Crippen molar-refractivity contribution >= 4 is 5.69 Å². The molecule has 5 nitrogen and oxygen atoms in total. The van der Waals surface area contributed by atoms with Crippen molar-refractivity contribution in [1.82, 2.24) is 9.88 Å². The Kier molecular flexibility index (Phi) is 4.86. The topological polar surface area (TPSA) is 63.4 Å². The number of benzene rings is 1. The molecular formula is C18H20N4O. The molecule has 1 N–H and O–H groups in total. The lowest BCUT2D eigenvalue weighted by Crippen LogP contribution is -2.47. The van der Waals surface area contributed by atoms with Crippen molar-refractivity contribution in [3.05, 3.63) is 59.9 Å². The highest BCUT2D eigenvalue weighted by Gasteiger charge is 2.20. The lowest BCUT2D eigenvalue weighted by Gasteiger charge is -2.36. The molecule has 0 amide bonds. The van der Waals surface area contributed by atoms with Crippen LogP contribution in [-0.2, 0) is 0 Å². The third kappa shape index (κ3) is 3.86. The van der Waals surface area contributed by atoms with E-state index in [0.29, 0.717) is 12.2 Å². The van der Waals surface area contributed by atoms with Crippen molar-refractivity contribution < 1.29 is 5.11 Å². The fraction of sp³-hybridized carbons (Fsp3) is 0.333. The van der Waals surface area contributed by atoms with E-state index in [9.17, 15) is 5.11 Å². The van der Waals surface area contributed by atoms with Crippen LogP contribution in [0.3, 0.4) is 0 Å². The van der Waals surface area contributed by atoms with E-state index in [1.807, 2.05) is 42.5 Å². The Morgan fingerprint density at radius 3 is 2.43 bits per heavy atom. The van der Waals surface area contributed by atoms with Gasteiger partial charge < -0.3 is 10.0 Å². The molecular weight excluding hydrogens is 288 g/mol. The number of aromatic nitrogens is 1. The van der Waals surface area contributed by atoms with Gasteiger partial charge in [0.15, 0.2) is 0 Å². The Balaban J connectivity index is 1.53. The Morgan fingerprint density at radius 2 is 1.83 bits per heavy atom. The highest BCUT2D eigenvalue weighted by molar-refractivity contribution is 5.46. The third-order valence-corrected chi connectivity index (χ3v) is 4.22. The zero-order valence-electron chi connectivity index (χ0n) is 13.0. The van der Waals surface area contributed by atoms with Crippen LogP contribution in [0.15, 0.2) is 48.7 Å². The van der Waals surface area contributed by atoms with Crippen molar-refractivity contribution in [2.45, 2.75) is 6.10 Å².